The Bertz CT molecular complexity index is 1360. The molecule has 2 heterocycles. The summed E-state index contributed by atoms with van der Waals surface area (Å²) in [6.45, 7) is 11.3. The highest BCUT2D eigenvalue weighted by Crippen LogP contribution is 2.32. The Kier molecular flexibility index (Phi) is 8.16. The number of para-hydroxylation sites is 1. The van der Waals surface area contributed by atoms with Crippen LogP contribution in [0, 0.1) is 0 Å². The molecule has 5 heteroatoms. The largest absolute Gasteiger partial charge is 0.345 e. The van der Waals surface area contributed by atoms with Crippen molar-refractivity contribution < 1.29 is 4.79 Å². The Morgan fingerprint density at radius 2 is 1.50 bits per heavy atom. The second kappa shape index (κ2) is 11.9. The highest BCUT2D eigenvalue weighted by Gasteiger charge is 2.27. The molecule has 0 unspecified atom stereocenters. The van der Waals surface area contributed by atoms with Crippen LogP contribution in [0.25, 0.3) is 22.2 Å². The predicted molar refractivity (Wildman–Crippen MR) is 156 cm³/mol. The maximum absolute atomic E-state index is 14.2. The van der Waals surface area contributed by atoms with Gasteiger partial charge in [-0.2, -0.15) is 0 Å². The lowest BCUT2D eigenvalue weighted by atomic mass is 9.94. The van der Waals surface area contributed by atoms with Crippen LogP contribution in [0.3, 0.4) is 0 Å². The van der Waals surface area contributed by atoms with Crippen molar-refractivity contribution in [2.45, 2.75) is 45.8 Å². The van der Waals surface area contributed by atoms with Gasteiger partial charge in [-0.1, -0.05) is 85.8 Å². The summed E-state index contributed by atoms with van der Waals surface area (Å²) >= 11 is 0. The zero-order chi connectivity index (χ0) is 26.5. The summed E-state index contributed by atoms with van der Waals surface area (Å²) in [6, 6.07) is 29.1. The molecule has 5 nitrogen and oxygen atoms in total. The van der Waals surface area contributed by atoms with Crippen molar-refractivity contribution in [3.63, 3.8) is 0 Å². The maximum Gasteiger partial charge on any atom is 0.252 e. The topological polar surface area (TPSA) is 48.5 Å². The fraction of sp³-hybridized carbons (Fsp3) is 0.333. The molecule has 1 saturated heterocycles. The van der Waals surface area contributed by atoms with Crippen LogP contribution in [0.15, 0.2) is 84.9 Å². The minimum Gasteiger partial charge on any atom is -0.345 e. The first-order chi connectivity index (χ1) is 18.5. The lowest BCUT2D eigenvalue weighted by Gasteiger charge is -2.37. The Labute approximate surface area is 226 Å². The molecule has 38 heavy (non-hydrogen) atoms. The van der Waals surface area contributed by atoms with Gasteiger partial charge in [-0.3, -0.25) is 14.6 Å². The summed E-state index contributed by atoms with van der Waals surface area (Å²) in [5.41, 5.74) is 5.66. The van der Waals surface area contributed by atoms with Crippen molar-refractivity contribution in [1.82, 2.24) is 20.1 Å². The summed E-state index contributed by atoms with van der Waals surface area (Å²) in [5.74, 6) is -0.0349. The van der Waals surface area contributed by atoms with E-state index in [1.807, 2.05) is 60.7 Å². The zero-order valence-corrected chi connectivity index (χ0v) is 22.7. The highest BCUT2D eigenvalue weighted by atomic mass is 16.1. The van der Waals surface area contributed by atoms with E-state index >= 15 is 0 Å². The number of nitrogens with zero attached hydrogens (tertiary/aromatic N) is 3. The number of benzene rings is 3. The van der Waals surface area contributed by atoms with E-state index in [4.69, 9.17) is 4.98 Å². The van der Waals surface area contributed by atoms with Crippen LogP contribution < -0.4 is 5.32 Å². The van der Waals surface area contributed by atoms with Gasteiger partial charge in [0.25, 0.3) is 5.91 Å². The lowest BCUT2D eigenvalue weighted by molar-refractivity contribution is 0.0927. The van der Waals surface area contributed by atoms with E-state index in [1.165, 1.54) is 0 Å². The predicted octanol–water partition coefficient (Wildman–Crippen LogP) is 6.31. The Balaban J connectivity index is 1.60. The monoisotopic (exact) mass is 506 g/mol. The van der Waals surface area contributed by atoms with Gasteiger partial charge in [-0.15, -0.1) is 0 Å². The van der Waals surface area contributed by atoms with Gasteiger partial charge in [0, 0.05) is 55.3 Å². The molecule has 196 valence electrons. The Morgan fingerprint density at radius 1 is 0.868 bits per heavy atom. The lowest BCUT2D eigenvalue weighted by Crippen LogP contribution is -2.48. The van der Waals surface area contributed by atoms with Crippen LogP contribution in [-0.2, 0) is 6.54 Å². The third kappa shape index (κ3) is 5.64. The van der Waals surface area contributed by atoms with E-state index in [9.17, 15) is 4.79 Å². The normalized spacial score (nSPS) is 15.6. The van der Waals surface area contributed by atoms with E-state index in [-0.39, 0.29) is 11.9 Å². The molecule has 1 N–H and O–H groups in total. The van der Waals surface area contributed by atoms with Gasteiger partial charge < -0.3 is 5.32 Å². The number of piperazine rings is 1. The van der Waals surface area contributed by atoms with E-state index in [0.717, 1.165) is 71.5 Å². The summed E-state index contributed by atoms with van der Waals surface area (Å²) in [7, 11) is 0. The summed E-state index contributed by atoms with van der Waals surface area (Å²) in [6.07, 6.45) is 0.816. The summed E-state index contributed by atoms with van der Waals surface area (Å²) < 4.78 is 0. The Morgan fingerprint density at radius 3 is 2.16 bits per heavy atom. The molecule has 1 fully saturated rings. The van der Waals surface area contributed by atoms with Crippen LogP contribution in [0.4, 0.5) is 0 Å². The number of hydrogen-bond acceptors (Lipinski definition) is 4. The van der Waals surface area contributed by atoms with E-state index in [2.05, 4.69) is 60.2 Å². The second-order valence-corrected chi connectivity index (χ2v) is 10.4. The number of pyridine rings is 1. The van der Waals surface area contributed by atoms with E-state index < -0.39 is 0 Å². The van der Waals surface area contributed by atoms with Crippen LogP contribution >= 0.6 is 0 Å². The third-order valence-electron chi connectivity index (χ3n) is 7.70. The zero-order valence-electron chi connectivity index (χ0n) is 22.7. The molecule has 1 aliphatic rings. The summed E-state index contributed by atoms with van der Waals surface area (Å²) in [4.78, 5) is 24.4. The number of rotatable bonds is 8. The van der Waals surface area contributed by atoms with Gasteiger partial charge in [-0.05, 0) is 31.9 Å². The van der Waals surface area contributed by atoms with Crippen molar-refractivity contribution >= 4 is 16.8 Å². The van der Waals surface area contributed by atoms with Crippen molar-refractivity contribution in [3.8, 4) is 11.3 Å². The molecule has 0 saturated carbocycles. The first-order valence-corrected chi connectivity index (χ1v) is 13.8. The molecule has 0 spiro atoms. The number of aromatic nitrogens is 1. The number of nitrogens with one attached hydrogen (secondary N) is 1. The molecular formula is C33H38N4O. The molecule has 1 aromatic heterocycles. The van der Waals surface area contributed by atoms with Gasteiger partial charge in [0.15, 0.2) is 0 Å². The van der Waals surface area contributed by atoms with Crippen molar-refractivity contribution in [1.29, 1.82) is 0 Å². The average Bonchev–Trinajstić information content (AvgIpc) is 2.96. The van der Waals surface area contributed by atoms with Gasteiger partial charge in [-0.25, -0.2) is 4.98 Å². The number of carbonyl (C=O) groups is 1. The molecule has 0 bridgehead atoms. The third-order valence-corrected chi connectivity index (χ3v) is 7.70. The molecule has 5 rings (SSSR count). The van der Waals surface area contributed by atoms with Crippen LogP contribution in [0.2, 0.25) is 0 Å². The number of fused-ring (bicyclic) bond motifs is 1. The maximum atomic E-state index is 14.2. The fourth-order valence-electron chi connectivity index (χ4n) is 5.50. The minimum absolute atomic E-state index is 0.0349. The summed E-state index contributed by atoms with van der Waals surface area (Å²) in [5, 5.41) is 4.28. The molecule has 0 aliphatic carbocycles. The molecular weight excluding hydrogens is 468 g/mol. The quantitative estimate of drug-likeness (QED) is 0.304. The van der Waals surface area contributed by atoms with Gasteiger partial charge in [0.05, 0.1) is 22.8 Å². The molecule has 4 aromatic rings. The molecule has 1 atom stereocenters. The standard InChI is InChI=1S/C33H38N4O/c1-4-29(25-13-7-5-8-14-25)35-33(38)31-27-17-11-12-18-30(27)34-32(26-15-9-6-10-16-26)28(31)23-36-19-21-37(22-20-36)24(2)3/h5-18,24,29H,4,19-23H2,1-3H3,(H,35,38)/t29-/m0/s1. The molecule has 1 aliphatic heterocycles. The van der Waals surface area contributed by atoms with Crippen molar-refractivity contribution in [2.24, 2.45) is 0 Å². The van der Waals surface area contributed by atoms with Gasteiger partial charge in [0.2, 0.25) is 0 Å². The first kappa shape index (κ1) is 26.1. The van der Waals surface area contributed by atoms with Gasteiger partial charge >= 0.3 is 0 Å². The highest BCUT2D eigenvalue weighted by molar-refractivity contribution is 6.09. The number of hydrogen-bond donors (Lipinski definition) is 1. The Hall–Kier alpha value is -3.54. The SMILES string of the molecule is CC[C@H](NC(=O)c1c(CN2CCN(C(C)C)CC2)c(-c2ccccc2)nc2ccccc12)c1ccccc1. The first-order valence-electron chi connectivity index (χ1n) is 13.8. The number of carbonyl (C=O) groups excluding carboxylic acids is 1. The smallest absolute Gasteiger partial charge is 0.252 e. The van der Waals surface area contributed by atoms with E-state index in [0.29, 0.717) is 12.6 Å². The molecule has 3 aromatic carbocycles. The average molecular weight is 507 g/mol. The van der Waals surface area contributed by atoms with Crippen LogP contribution in [0.1, 0.15) is 54.7 Å². The molecule has 0 radical (unpaired) electrons. The fourth-order valence-corrected chi connectivity index (χ4v) is 5.50. The van der Waals surface area contributed by atoms with Crippen LogP contribution in [0.5, 0.6) is 0 Å². The van der Waals surface area contributed by atoms with Crippen molar-refractivity contribution in [2.75, 3.05) is 26.2 Å². The van der Waals surface area contributed by atoms with Gasteiger partial charge in [0.1, 0.15) is 0 Å². The number of amides is 1. The van der Waals surface area contributed by atoms with Crippen molar-refractivity contribution in [3.05, 3.63) is 102 Å². The van der Waals surface area contributed by atoms with E-state index in [1.54, 1.807) is 0 Å². The second-order valence-electron chi connectivity index (χ2n) is 10.4. The minimum atomic E-state index is -0.0572. The molecule has 1 amide bonds. The van der Waals surface area contributed by atoms with Crippen LogP contribution in [-0.4, -0.2) is 52.9 Å².